The summed E-state index contributed by atoms with van der Waals surface area (Å²) in [7, 11) is 0. The standard InChI is InChI=1S/C20H23NO4/c1-3-17(24-15-8-6-7-14(2)11-15)20(22)21-12-16-13-23-18-9-4-5-10-19(18)25-16/h4-11,16-17H,3,12-13H2,1-2H3,(H,21,22)/t16-,17-/m0/s1. The Hall–Kier alpha value is -2.69. The van der Waals surface area contributed by atoms with E-state index in [2.05, 4.69) is 5.32 Å². The number of carbonyl (C=O) groups is 1. The van der Waals surface area contributed by atoms with E-state index in [1.54, 1.807) is 0 Å². The second-order valence-corrected chi connectivity index (χ2v) is 6.07. The van der Waals surface area contributed by atoms with Crippen molar-refractivity contribution in [2.75, 3.05) is 13.2 Å². The van der Waals surface area contributed by atoms with Gasteiger partial charge in [-0.2, -0.15) is 0 Å². The molecule has 1 aliphatic heterocycles. The van der Waals surface area contributed by atoms with Gasteiger partial charge < -0.3 is 19.5 Å². The van der Waals surface area contributed by atoms with Crippen molar-refractivity contribution < 1.29 is 19.0 Å². The third-order valence-corrected chi connectivity index (χ3v) is 4.00. The van der Waals surface area contributed by atoms with Gasteiger partial charge in [0.25, 0.3) is 5.91 Å². The lowest BCUT2D eigenvalue weighted by Crippen LogP contribution is -2.45. The number of para-hydroxylation sites is 2. The molecular weight excluding hydrogens is 318 g/mol. The van der Waals surface area contributed by atoms with Crippen LogP contribution in [0.2, 0.25) is 0 Å². The van der Waals surface area contributed by atoms with E-state index in [0.29, 0.717) is 31.1 Å². The van der Waals surface area contributed by atoms with Crippen molar-refractivity contribution >= 4 is 5.91 Å². The summed E-state index contributed by atoms with van der Waals surface area (Å²) < 4.78 is 17.3. The van der Waals surface area contributed by atoms with Gasteiger partial charge in [0.1, 0.15) is 18.5 Å². The van der Waals surface area contributed by atoms with Gasteiger partial charge in [0.2, 0.25) is 0 Å². The van der Waals surface area contributed by atoms with E-state index in [4.69, 9.17) is 14.2 Å². The van der Waals surface area contributed by atoms with Gasteiger partial charge in [0, 0.05) is 0 Å². The molecule has 0 bridgehead atoms. The molecule has 0 saturated carbocycles. The minimum atomic E-state index is -0.529. The normalized spacial score (nSPS) is 16.8. The highest BCUT2D eigenvalue weighted by Crippen LogP contribution is 2.30. The van der Waals surface area contributed by atoms with E-state index in [9.17, 15) is 4.79 Å². The largest absolute Gasteiger partial charge is 0.486 e. The Morgan fingerprint density at radius 2 is 2.04 bits per heavy atom. The van der Waals surface area contributed by atoms with E-state index in [-0.39, 0.29) is 12.0 Å². The number of hydrogen-bond donors (Lipinski definition) is 1. The lowest BCUT2D eigenvalue weighted by atomic mass is 10.2. The zero-order valence-electron chi connectivity index (χ0n) is 14.5. The Kier molecular flexibility index (Phi) is 5.43. The third kappa shape index (κ3) is 4.44. The van der Waals surface area contributed by atoms with Crippen LogP contribution in [0.5, 0.6) is 17.2 Å². The van der Waals surface area contributed by atoms with Crippen molar-refractivity contribution in [3.05, 3.63) is 54.1 Å². The molecule has 0 aromatic heterocycles. The van der Waals surface area contributed by atoms with Crippen molar-refractivity contribution in [2.24, 2.45) is 0 Å². The summed E-state index contributed by atoms with van der Waals surface area (Å²) in [5.41, 5.74) is 1.10. The molecule has 1 aliphatic rings. The maximum atomic E-state index is 12.4. The van der Waals surface area contributed by atoms with Gasteiger partial charge in [0.15, 0.2) is 17.6 Å². The number of carbonyl (C=O) groups excluding carboxylic acids is 1. The number of rotatable bonds is 6. The van der Waals surface area contributed by atoms with Gasteiger partial charge >= 0.3 is 0 Å². The maximum Gasteiger partial charge on any atom is 0.261 e. The average molecular weight is 341 g/mol. The predicted octanol–water partition coefficient (Wildman–Crippen LogP) is 3.11. The second-order valence-electron chi connectivity index (χ2n) is 6.07. The summed E-state index contributed by atoms with van der Waals surface area (Å²) in [4.78, 5) is 12.4. The number of fused-ring (bicyclic) bond motifs is 1. The molecule has 0 saturated heterocycles. The van der Waals surface area contributed by atoms with Crippen LogP contribution in [-0.4, -0.2) is 31.3 Å². The second kappa shape index (κ2) is 7.92. The van der Waals surface area contributed by atoms with Crippen molar-refractivity contribution in [3.63, 3.8) is 0 Å². The quantitative estimate of drug-likeness (QED) is 0.877. The molecular formula is C20H23NO4. The van der Waals surface area contributed by atoms with Crippen molar-refractivity contribution in [3.8, 4) is 17.2 Å². The monoisotopic (exact) mass is 341 g/mol. The van der Waals surface area contributed by atoms with Gasteiger partial charge in [-0.15, -0.1) is 0 Å². The number of hydrogen-bond acceptors (Lipinski definition) is 4. The SMILES string of the molecule is CC[C@H](Oc1cccc(C)c1)C(=O)NC[C@H]1COc2ccccc2O1. The number of nitrogens with one attached hydrogen (secondary N) is 1. The van der Waals surface area contributed by atoms with Crippen molar-refractivity contribution in [1.29, 1.82) is 0 Å². The molecule has 2 aromatic carbocycles. The molecule has 25 heavy (non-hydrogen) atoms. The molecule has 5 nitrogen and oxygen atoms in total. The fourth-order valence-electron chi connectivity index (χ4n) is 2.67. The zero-order chi connectivity index (χ0) is 17.6. The Balaban J connectivity index is 1.53. The minimum absolute atomic E-state index is 0.147. The fourth-order valence-corrected chi connectivity index (χ4v) is 2.67. The molecule has 2 atom stereocenters. The molecule has 3 rings (SSSR count). The fraction of sp³-hybridized carbons (Fsp3) is 0.350. The van der Waals surface area contributed by atoms with Crippen LogP contribution in [0.25, 0.3) is 0 Å². The Labute approximate surface area is 147 Å². The molecule has 0 aliphatic carbocycles. The highest BCUT2D eigenvalue weighted by Gasteiger charge is 2.24. The lowest BCUT2D eigenvalue weighted by Gasteiger charge is -2.27. The predicted molar refractivity (Wildman–Crippen MR) is 95.2 cm³/mol. The molecule has 2 aromatic rings. The molecule has 0 spiro atoms. The Morgan fingerprint density at radius 3 is 2.80 bits per heavy atom. The molecule has 0 fully saturated rings. The average Bonchev–Trinajstić information content (AvgIpc) is 2.64. The van der Waals surface area contributed by atoms with Crippen LogP contribution < -0.4 is 19.5 Å². The smallest absolute Gasteiger partial charge is 0.261 e. The summed E-state index contributed by atoms with van der Waals surface area (Å²) in [6.45, 7) is 4.70. The third-order valence-electron chi connectivity index (χ3n) is 4.00. The van der Waals surface area contributed by atoms with Crippen LogP contribution in [0.1, 0.15) is 18.9 Å². The lowest BCUT2D eigenvalue weighted by molar-refractivity contribution is -0.128. The van der Waals surface area contributed by atoms with Gasteiger partial charge in [-0.25, -0.2) is 0 Å². The van der Waals surface area contributed by atoms with E-state index in [1.165, 1.54) is 0 Å². The number of amides is 1. The zero-order valence-corrected chi connectivity index (χ0v) is 14.5. The van der Waals surface area contributed by atoms with Crippen LogP contribution in [0, 0.1) is 6.92 Å². The van der Waals surface area contributed by atoms with Crippen LogP contribution in [0.15, 0.2) is 48.5 Å². The molecule has 0 radical (unpaired) electrons. The number of ether oxygens (including phenoxy) is 3. The summed E-state index contributed by atoms with van der Waals surface area (Å²) in [5.74, 6) is 2.00. The van der Waals surface area contributed by atoms with Gasteiger partial charge in [-0.3, -0.25) is 4.79 Å². The first kappa shape index (κ1) is 17.1. The molecule has 1 heterocycles. The number of benzene rings is 2. The minimum Gasteiger partial charge on any atom is -0.486 e. The van der Waals surface area contributed by atoms with E-state index in [0.717, 1.165) is 11.3 Å². The summed E-state index contributed by atoms with van der Waals surface area (Å²) in [5, 5.41) is 2.90. The van der Waals surface area contributed by atoms with E-state index < -0.39 is 6.10 Å². The molecule has 132 valence electrons. The Bertz CT molecular complexity index is 731. The van der Waals surface area contributed by atoms with E-state index >= 15 is 0 Å². The van der Waals surface area contributed by atoms with Gasteiger partial charge in [0.05, 0.1) is 6.54 Å². The molecule has 5 heteroatoms. The first-order valence-corrected chi connectivity index (χ1v) is 8.55. The summed E-state index contributed by atoms with van der Waals surface area (Å²) >= 11 is 0. The molecule has 1 amide bonds. The van der Waals surface area contributed by atoms with Gasteiger partial charge in [-0.1, -0.05) is 31.2 Å². The van der Waals surface area contributed by atoms with Gasteiger partial charge in [-0.05, 0) is 43.2 Å². The summed E-state index contributed by atoms with van der Waals surface area (Å²) in [6, 6.07) is 15.2. The van der Waals surface area contributed by atoms with Crippen molar-refractivity contribution in [1.82, 2.24) is 5.32 Å². The highest BCUT2D eigenvalue weighted by molar-refractivity contribution is 5.81. The molecule has 0 unspecified atom stereocenters. The van der Waals surface area contributed by atoms with E-state index in [1.807, 2.05) is 62.4 Å². The summed E-state index contributed by atoms with van der Waals surface area (Å²) in [6.07, 6.45) is -0.154. The van der Waals surface area contributed by atoms with Crippen LogP contribution >= 0.6 is 0 Å². The molecule has 1 N–H and O–H groups in total. The van der Waals surface area contributed by atoms with Crippen LogP contribution in [0.4, 0.5) is 0 Å². The number of aryl methyl sites for hydroxylation is 1. The first-order chi connectivity index (χ1) is 12.2. The van der Waals surface area contributed by atoms with Crippen molar-refractivity contribution in [2.45, 2.75) is 32.5 Å². The van der Waals surface area contributed by atoms with Crippen LogP contribution in [0.3, 0.4) is 0 Å². The topological polar surface area (TPSA) is 56.8 Å². The van der Waals surface area contributed by atoms with Crippen LogP contribution in [-0.2, 0) is 4.79 Å². The maximum absolute atomic E-state index is 12.4. The Morgan fingerprint density at radius 1 is 1.24 bits per heavy atom. The highest BCUT2D eigenvalue weighted by atomic mass is 16.6. The first-order valence-electron chi connectivity index (χ1n) is 8.55.